The van der Waals surface area contributed by atoms with Crippen LogP contribution in [0.3, 0.4) is 0 Å². The summed E-state index contributed by atoms with van der Waals surface area (Å²) in [6.07, 6.45) is -1.82. The van der Waals surface area contributed by atoms with Crippen molar-refractivity contribution in [2.75, 3.05) is 6.61 Å². The van der Waals surface area contributed by atoms with E-state index < -0.39 is 17.7 Å². The normalized spacial score (nSPS) is 11.8. The van der Waals surface area contributed by atoms with Gasteiger partial charge in [0.05, 0.1) is 37.4 Å². The Bertz CT molecular complexity index is 1450. The Morgan fingerprint density at radius 2 is 1.80 bits per heavy atom. The Balaban J connectivity index is 1.43. The minimum atomic E-state index is -4.47. The molecule has 0 bridgehead atoms. The molecule has 0 unspecified atom stereocenters. The van der Waals surface area contributed by atoms with E-state index in [1.807, 2.05) is 50.2 Å². The summed E-state index contributed by atoms with van der Waals surface area (Å²) in [6.45, 7) is 5.03. The summed E-state index contributed by atoms with van der Waals surface area (Å²) >= 11 is 6.19. The van der Waals surface area contributed by atoms with E-state index in [0.717, 1.165) is 29.1 Å². The van der Waals surface area contributed by atoms with Crippen molar-refractivity contribution in [3.05, 3.63) is 99.5 Å². The lowest BCUT2D eigenvalue weighted by Crippen LogP contribution is -2.10. The number of aromatic nitrogens is 4. The van der Waals surface area contributed by atoms with Gasteiger partial charge in [0, 0.05) is 22.5 Å². The number of rotatable bonds is 12. The zero-order valence-electron chi connectivity index (χ0n) is 22.2. The lowest BCUT2D eigenvalue weighted by Gasteiger charge is -2.12. The fourth-order valence-electron chi connectivity index (χ4n) is 4.24. The number of hydrogen-bond donors (Lipinski definition) is 1. The molecule has 2 heterocycles. The first-order valence-electron chi connectivity index (χ1n) is 12.9. The zero-order valence-corrected chi connectivity index (χ0v) is 22.9. The van der Waals surface area contributed by atoms with Crippen LogP contribution in [0, 0.1) is 0 Å². The molecule has 11 heteroatoms. The standard InChI is InChI=1S/C29H30ClF3N4O3/c1-19(2)26-15-24(37(34-26)18-21-10-11-23(14-25(21)30)29(31,32)33)9-6-12-40-28-22(13-27(38)39)17-36(35-28)16-20-7-4-3-5-8-20/h3-5,7-8,10-11,14-15,17,19H,6,9,12-13,16,18H2,1-2H3,(H,38,39). The molecule has 0 aliphatic heterocycles. The molecule has 4 rings (SSSR count). The van der Waals surface area contributed by atoms with Gasteiger partial charge in [0.25, 0.3) is 0 Å². The van der Waals surface area contributed by atoms with Crippen LogP contribution >= 0.6 is 11.6 Å². The van der Waals surface area contributed by atoms with E-state index in [2.05, 4.69) is 10.2 Å². The fourth-order valence-corrected chi connectivity index (χ4v) is 4.48. The summed E-state index contributed by atoms with van der Waals surface area (Å²) < 4.78 is 48.5. The third kappa shape index (κ3) is 7.65. The second-order valence-corrected chi connectivity index (χ2v) is 10.2. The van der Waals surface area contributed by atoms with Gasteiger partial charge < -0.3 is 9.84 Å². The van der Waals surface area contributed by atoms with Crippen LogP contribution in [0.5, 0.6) is 5.88 Å². The van der Waals surface area contributed by atoms with E-state index in [9.17, 15) is 23.1 Å². The van der Waals surface area contributed by atoms with Gasteiger partial charge in [-0.05, 0) is 48.1 Å². The van der Waals surface area contributed by atoms with Crippen LogP contribution in [0.15, 0.2) is 60.8 Å². The maximum atomic E-state index is 13.0. The van der Waals surface area contributed by atoms with Crippen LogP contribution in [0.4, 0.5) is 13.2 Å². The Hall–Kier alpha value is -3.79. The van der Waals surface area contributed by atoms with Gasteiger partial charge in [-0.2, -0.15) is 18.3 Å². The van der Waals surface area contributed by atoms with Crippen molar-refractivity contribution >= 4 is 17.6 Å². The van der Waals surface area contributed by atoms with Crippen molar-refractivity contribution in [1.82, 2.24) is 19.6 Å². The molecule has 0 aliphatic carbocycles. The van der Waals surface area contributed by atoms with Gasteiger partial charge in [-0.1, -0.05) is 61.8 Å². The molecule has 0 atom stereocenters. The molecule has 7 nitrogen and oxygen atoms in total. The number of carbonyl (C=O) groups is 1. The Morgan fingerprint density at radius 1 is 1.05 bits per heavy atom. The van der Waals surface area contributed by atoms with Crippen molar-refractivity contribution in [3.8, 4) is 5.88 Å². The molecule has 2 aromatic heterocycles. The largest absolute Gasteiger partial charge is 0.481 e. The number of aryl methyl sites for hydroxylation is 1. The third-order valence-corrected chi connectivity index (χ3v) is 6.67. The topological polar surface area (TPSA) is 82.2 Å². The van der Waals surface area contributed by atoms with Gasteiger partial charge in [0.15, 0.2) is 0 Å². The Labute approximate surface area is 235 Å². The first-order chi connectivity index (χ1) is 19.0. The quantitative estimate of drug-likeness (QED) is 0.193. The molecule has 40 heavy (non-hydrogen) atoms. The SMILES string of the molecule is CC(C)c1cc(CCCOc2nn(Cc3ccccc3)cc2CC(=O)O)n(Cc2ccc(C(F)(F)F)cc2Cl)n1. The van der Waals surface area contributed by atoms with Crippen LogP contribution in [-0.2, 0) is 36.9 Å². The van der Waals surface area contributed by atoms with Crippen molar-refractivity contribution in [2.24, 2.45) is 0 Å². The number of carboxylic acids is 1. The molecule has 0 radical (unpaired) electrons. The predicted octanol–water partition coefficient (Wildman–Crippen LogP) is 6.61. The molecule has 0 saturated heterocycles. The maximum Gasteiger partial charge on any atom is 0.416 e. The van der Waals surface area contributed by atoms with E-state index in [1.54, 1.807) is 15.6 Å². The molecular weight excluding hydrogens is 545 g/mol. The number of hydrogen-bond acceptors (Lipinski definition) is 4. The molecule has 0 fully saturated rings. The number of halogens is 4. The molecule has 1 N–H and O–H groups in total. The molecule has 0 aliphatic rings. The molecule has 0 spiro atoms. The average molecular weight is 575 g/mol. The van der Waals surface area contributed by atoms with Gasteiger partial charge in [-0.3, -0.25) is 14.2 Å². The van der Waals surface area contributed by atoms with Gasteiger partial charge in [-0.15, -0.1) is 5.10 Å². The highest BCUT2D eigenvalue weighted by atomic mass is 35.5. The summed E-state index contributed by atoms with van der Waals surface area (Å²) in [5, 5.41) is 18.5. The van der Waals surface area contributed by atoms with Gasteiger partial charge in [-0.25, -0.2) is 0 Å². The van der Waals surface area contributed by atoms with Crippen molar-refractivity contribution in [1.29, 1.82) is 0 Å². The number of alkyl halides is 3. The maximum absolute atomic E-state index is 13.0. The zero-order chi connectivity index (χ0) is 28.9. The summed E-state index contributed by atoms with van der Waals surface area (Å²) in [5.41, 5.74) is 3.02. The molecule has 2 aromatic carbocycles. The predicted molar refractivity (Wildman–Crippen MR) is 145 cm³/mol. The number of nitrogens with zero attached hydrogens (tertiary/aromatic N) is 4. The van der Waals surface area contributed by atoms with E-state index in [1.165, 1.54) is 6.07 Å². The van der Waals surface area contributed by atoms with Crippen LogP contribution in [-0.4, -0.2) is 37.2 Å². The second kappa shape index (κ2) is 12.6. The average Bonchev–Trinajstić information content (AvgIpc) is 3.46. The lowest BCUT2D eigenvalue weighted by atomic mass is 10.1. The summed E-state index contributed by atoms with van der Waals surface area (Å²) in [5.74, 6) is -0.533. The molecule has 0 saturated carbocycles. The van der Waals surface area contributed by atoms with Crippen molar-refractivity contribution < 1.29 is 27.8 Å². The number of ether oxygens (including phenoxy) is 1. The van der Waals surface area contributed by atoms with Gasteiger partial charge in [0.2, 0.25) is 5.88 Å². The lowest BCUT2D eigenvalue weighted by molar-refractivity contribution is -0.138. The first kappa shape index (κ1) is 29.2. The highest BCUT2D eigenvalue weighted by molar-refractivity contribution is 6.31. The van der Waals surface area contributed by atoms with Gasteiger partial charge >= 0.3 is 12.1 Å². The van der Waals surface area contributed by atoms with Crippen LogP contribution < -0.4 is 4.74 Å². The molecule has 0 amide bonds. The highest BCUT2D eigenvalue weighted by Gasteiger charge is 2.31. The molecule has 212 valence electrons. The van der Waals surface area contributed by atoms with E-state index in [4.69, 9.17) is 16.3 Å². The summed E-state index contributed by atoms with van der Waals surface area (Å²) in [6, 6.07) is 15.0. The van der Waals surface area contributed by atoms with Crippen molar-refractivity contribution in [3.63, 3.8) is 0 Å². The van der Waals surface area contributed by atoms with Crippen LogP contribution in [0.2, 0.25) is 5.02 Å². The first-order valence-corrected chi connectivity index (χ1v) is 13.2. The van der Waals surface area contributed by atoms with E-state index in [0.29, 0.717) is 30.5 Å². The monoisotopic (exact) mass is 574 g/mol. The third-order valence-electron chi connectivity index (χ3n) is 6.32. The minimum Gasteiger partial charge on any atom is -0.481 e. The highest BCUT2D eigenvalue weighted by Crippen LogP contribution is 2.32. The Kier molecular flexibility index (Phi) is 9.19. The Morgan fingerprint density at radius 3 is 2.45 bits per heavy atom. The molecule has 4 aromatic rings. The number of aliphatic carboxylic acids is 1. The minimum absolute atomic E-state index is 0.0303. The second-order valence-electron chi connectivity index (χ2n) is 9.84. The fraction of sp³-hybridized carbons (Fsp3) is 0.345. The number of benzene rings is 2. The van der Waals surface area contributed by atoms with Crippen LogP contribution in [0.1, 0.15) is 59.8 Å². The summed E-state index contributed by atoms with van der Waals surface area (Å²) in [7, 11) is 0. The van der Waals surface area contributed by atoms with Crippen molar-refractivity contribution in [2.45, 2.75) is 58.3 Å². The smallest absolute Gasteiger partial charge is 0.416 e. The summed E-state index contributed by atoms with van der Waals surface area (Å²) in [4.78, 5) is 11.4. The van der Waals surface area contributed by atoms with E-state index in [-0.39, 0.29) is 36.4 Å². The van der Waals surface area contributed by atoms with Gasteiger partial charge in [0.1, 0.15) is 0 Å². The van der Waals surface area contributed by atoms with Crippen LogP contribution in [0.25, 0.3) is 0 Å². The van der Waals surface area contributed by atoms with E-state index >= 15 is 0 Å². The number of carboxylic acid groups (broad SMARTS) is 1. The molecular formula is C29H30ClF3N4O3.